The largest absolute Gasteiger partial charge is 0.396 e. The van der Waals surface area contributed by atoms with E-state index in [-0.39, 0.29) is 24.7 Å². The zero-order chi connectivity index (χ0) is 14.0. The van der Waals surface area contributed by atoms with Crippen molar-refractivity contribution in [3.05, 3.63) is 29.3 Å². The number of hydrogen-bond acceptors (Lipinski definition) is 3. The molecule has 0 aliphatic carbocycles. The number of nitrogens with one attached hydrogen (secondary N) is 1. The van der Waals surface area contributed by atoms with Crippen molar-refractivity contribution in [1.29, 1.82) is 0 Å². The number of benzene rings is 1. The highest BCUT2D eigenvalue weighted by Crippen LogP contribution is 2.20. The quantitative estimate of drug-likeness (QED) is 0.729. The minimum atomic E-state index is -1.09. The molecule has 2 rings (SSSR count). The average molecular weight is 269 g/mol. The Bertz CT molecular complexity index is 534. The summed E-state index contributed by atoms with van der Waals surface area (Å²) in [5, 5.41) is 2.58. The monoisotopic (exact) mass is 269 g/mol. The SMILES string of the molecule is Nc1ccc(F)c(C(=O)N2CCCNC(=O)C2)c1F. The van der Waals surface area contributed by atoms with Crippen molar-refractivity contribution in [2.45, 2.75) is 6.42 Å². The number of nitrogen functional groups attached to an aromatic ring is 1. The van der Waals surface area contributed by atoms with Gasteiger partial charge in [-0.25, -0.2) is 8.78 Å². The molecule has 2 amide bonds. The fourth-order valence-corrected chi connectivity index (χ4v) is 1.90. The predicted octanol–water partition coefficient (Wildman–Crippen LogP) is 0.509. The van der Waals surface area contributed by atoms with E-state index in [1.54, 1.807) is 0 Å². The number of hydrogen-bond donors (Lipinski definition) is 2. The van der Waals surface area contributed by atoms with Gasteiger partial charge in [0.05, 0.1) is 12.2 Å². The van der Waals surface area contributed by atoms with Gasteiger partial charge in [0.25, 0.3) is 5.91 Å². The van der Waals surface area contributed by atoms with Crippen LogP contribution in [0, 0.1) is 11.6 Å². The van der Waals surface area contributed by atoms with Crippen LogP contribution in [0.15, 0.2) is 12.1 Å². The lowest BCUT2D eigenvalue weighted by molar-refractivity contribution is -0.121. The molecule has 5 nitrogen and oxygen atoms in total. The average Bonchev–Trinajstić information content (AvgIpc) is 2.59. The summed E-state index contributed by atoms with van der Waals surface area (Å²) in [4.78, 5) is 24.6. The van der Waals surface area contributed by atoms with Crippen LogP contribution in [0.3, 0.4) is 0 Å². The number of nitrogens with two attached hydrogens (primary N) is 1. The van der Waals surface area contributed by atoms with Crippen molar-refractivity contribution in [2.24, 2.45) is 0 Å². The highest BCUT2D eigenvalue weighted by molar-refractivity contribution is 5.97. The smallest absolute Gasteiger partial charge is 0.260 e. The van der Waals surface area contributed by atoms with E-state index >= 15 is 0 Å². The Labute approximate surface area is 108 Å². The van der Waals surface area contributed by atoms with Gasteiger partial charge >= 0.3 is 0 Å². The van der Waals surface area contributed by atoms with Crippen LogP contribution in [-0.2, 0) is 4.79 Å². The van der Waals surface area contributed by atoms with Gasteiger partial charge in [0.1, 0.15) is 11.4 Å². The summed E-state index contributed by atoms with van der Waals surface area (Å²) < 4.78 is 27.3. The van der Waals surface area contributed by atoms with Crippen LogP contribution in [0.5, 0.6) is 0 Å². The van der Waals surface area contributed by atoms with Crippen molar-refractivity contribution < 1.29 is 18.4 Å². The second kappa shape index (κ2) is 5.21. The topological polar surface area (TPSA) is 75.4 Å². The van der Waals surface area contributed by atoms with Gasteiger partial charge < -0.3 is 16.0 Å². The molecule has 1 aliphatic rings. The molecule has 0 atom stereocenters. The summed E-state index contributed by atoms with van der Waals surface area (Å²) >= 11 is 0. The van der Waals surface area contributed by atoms with Crippen molar-refractivity contribution in [1.82, 2.24) is 10.2 Å². The molecule has 1 saturated heterocycles. The van der Waals surface area contributed by atoms with Crippen LogP contribution in [0.2, 0.25) is 0 Å². The van der Waals surface area contributed by atoms with E-state index in [1.165, 1.54) is 0 Å². The van der Waals surface area contributed by atoms with Crippen molar-refractivity contribution in [2.75, 3.05) is 25.4 Å². The molecule has 1 fully saturated rings. The van der Waals surface area contributed by atoms with E-state index in [4.69, 9.17) is 5.73 Å². The van der Waals surface area contributed by atoms with Crippen molar-refractivity contribution >= 4 is 17.5 Å². The van der Waals surface area contributed by atoms with Crippen LogP contribution in [0.25, 0.3) is 0 Å². The first-order valence-electron chi connectivity index (χ1n) is 5.80. The van der Waals surface area contributed by atoms with Gasteiger partial charge in [0.15, 0.2) is 5.82 Å². The zero-order valence-corrected chi connectivity index (χ0v) is 10.1. The minimum Gasteiger partial charge on any atom is -0.396 e. The van der Waals surface area contributed by atoms with Gasteiger partial charge in [0, 0.05) is 13.1 Å². The number of carbonyl (C=O) groups is 2. The molecule has 1 aromatic rings. The maximum Gasteiger partial charge on any atom is 0.260 e. The number of nitrogens with zero attached hydrogens (tertiary/aromatic N) is 1. The van der Waals surface area contributed by atoms with Gasteiger partial charge in [-0.05, 0) is 18.6 Å². The lowest BCUT2D eigenvalue weighted by Gasteiger charge is -2.19. The molecule has 0 aromatic heterocycles. The third-order valence-electron chi connectivity index (χ3n) is 2.88. The van der Waals surface area contributed by atoms with Crippen molar-refractivity contribution in [3.8, 4) is 0 Å². The summed E-state index contributed by atoms with van der Waals surface area (Å²) in [6.45, 7) is 0.474. The molecule has 0 radical (unpaired) electrons. The van der Waals surface area contributed by atoms with Crippen LogP contribution in [0.4, 0.5) is 14.5 Å². The predicted molar refractivity (Wildman–Crippen MR) is 64.3 cm³/mol. The van der Waals surface area contributed by atoms with E-state index in [0.717, 1.165) is 17.0 Å². The summed E-state index contributed by atoms with van der Waals surface area (Å²) in [5.41, 5.74) is 4.31. The number of amides is 2. The molecule has 0 bridgehead atoms. The summed E-state index contributed by atoms with van der Waals surface area (Å²) in [7, 11) is 0. The Balaban J connectivity index is 2.33. The van der Waals surface area contributed by atoms with E-state index in [1.807, 2.05) is 0 Å². The highest BCUT2D eigenvalue weighted by atomic mass is 19.1. The summed E-state index contributed by atoms with van der Waals surface area (Å²) in [6, 6.07) is 1.99. The molecule has 1 aromatic carbocycles. The Kier molecular flexibility index (Phi) is 3.64. The first-order chi connectivity index (χ1) is 9.00. The van der Waals surface area contributed by atoms with Gasteiger partial charge in [0.2, 0.25) is 5.91 Å². The molecule has 0 saturated carbocycles. The molecular weight excluding hydrogens is 256 g/mol. The van der Waals surface area contributed by atoms with Gasteiger partial charge in [-0.2, -0.15) is 0 Å². The molecule has 19 heavy (non-hydrogen) atoms. The van der Waals surface area contributed by atoms with E-state index in [9.17, 15) is 18.4 Å². The van der Waals surface area contributed by atoms with Crippen LogP contribution in [-0.4, -0.2) is 36.3 Å². The van der Waals surface area contributed by atoms with Crippen LogP contribution < -0.4 is 11.1 Å². The number of halogens is 2. The highest BCUT2D eigenvalue weighted by Gasteiger charge is 2.27. The second-order valence-electron chi connectivity index (χ2n) is 4.26. The van der Waals surface area contributed by atoms with Crippen LogP contribution >= 0.6 is 0 Å². The molecular formula is C12H13F2N3O2. The number of anilines is 1. The Morgan fingerprint density at radius 3 is 2.84 bits per heavy atom. The second-order valence-corrected chi connectivity index (χ2v) is 4.26. The maximum absolute atomic E-state index is 13.8. The van der Waals surface area contributed by atoms with E-state index < -0.39 is 23.1 Å². The zero-order valence-electron chi connectivity index (χ0n) is 10.1. The lowest BCUT2D eigenvalue weighted by atomic mass is 10.1. The standard InChI is InChI=1S/C12H13F2N3O2/c13-7-2-3-8(15)11(14)10(7)12(19)17-5-1-4-16-9(18)6-17/h2-3H,1,4-6,15H2,(H,16,18). The fourth-order valence-electron chi connectivity index (χ4n) is 1.90. The molecule has 3 N–H and O–H groups in total. The first kappa shape index (κ1) is 13.3. The third kappa shape index (κ3) is 2.64. The molecule has 0 unspecified atom stereocenters. The lowest BCUT2D eigenvalue weighted by Crippen LogP contribution is -2.38. The normalized spacial score (nSPS) is 15.9. The minimum absolute atomic E-state index is 0.216. The van der Waals surface area contributed by atoms with E-state index in [2.05, 4.69) is 5.32 Å². The van der Waals surface area contributed by atoms with Crippen LogP contribution in [0.1, 0.15) is 16.8 Å². The number of carbonyl (C=O) groups excluding carboxylic acids is 2. The molecule has 7 heteroatoms. The van der Waals surface area contributed by atoms with Gasteiger partial charge in [-0.1, -0.05) is 0 Å². The van der Waals surface area contributed by atoms with Gasteiger partial charge in [-0.3, -0.25) is 9.59 Å². The Hall–Kier alpha value is -2.18. The summed E-state index contributed by atoms with van der Waals surface area (Å²) in [5.74, 6) is -3.29. The fraction of sp³-hybridized carbons (Fsp3) is 0.333. The first-order valence-corrected chi connectivity index (χ1v) is 5.80. The molecule has 0 spiro atoms. The Morgan fingerprint density at radius 1 is 1.37 bits per heavy atom. The van der Waals surface area contributed by atoms with E-state index in [0.29, 0.717) is 13.0 Å². The van der Waals surface area contributed by atoms with Gasteiger partial charge in [-0.15, -0.1) is 0 Å². The Morgan fingerprint density at radius 2 is 2.11 bits per heavy atom. The molecule has 102 valence electrons. The maximum atomic E-state index is 13.8. The number of rotatable bonds is 1. The summed E-state index contributed by atoms with van der Waals surface area (Å²) in [6.07, 6.45) is 0.531. The third-order valence-corrected chi connectivity index (χ3v) is 2.88. The van der Waals surface area contributed by atoms with Crippen molar-refractivity contribution in [3.63, 3.8) is 0 Å². The molecule has 1 aliphatic heterocycles. The molecule has 1 heterocycles.